The molecule has 1 spiro atoms. The van der Waals surface area contributed by atoms with Gasteiger partial charge in [-0.1, -0.05) is 26.3 Å². The Hall–Kier alpha value is -0.460. The summed E-state index contributed by atoms with van der Waals surface area (Å²) in [6.45, 7) is 5.19. The summed E-state index contributed by atoms with van der Waals surface area (Å²) in [5.41, 5.74) is 0.658. The van der Waals surface area contributed by atoms with Gasteiger partial charge in [0.25, 0.3) is 0 Å². The second kappa shape index (κ2) is 3.80. The standard InChI is InChI=1S/C8H13N.C2H6/c1-2-8(3-1)4-6-9-7-5-8;1-2/h4,6,9H,1-3,5,7H2;1-2H3. The SMILES string of the molecule is C1=CC2(CCC2)CCN1.CC. The van der Waals surface area contributed by atoms with Gasteiger partial charge >= 0.3 is 0 Å². The lowest BCUT2D eigenvalue weighted by atomic mass is 9.66. The molecule has 0 amide bonds. The zero-order valence-corrected chi connectivity index (χ0v) is 7.69. The lowest BCUT2D eigenvalue weighted by Crippen LogP contribution is -2.33. The fourth-order valence-corrected chi connectivity index (χ4v) is 1.77. The highest BCUT2D eigenvalue weighted by Crippen LogP contribution is 2.45. The van der Waals surface area contributed by atoms with Gasteiger partial charge < -0.3 is 5.32 Å². The first-order valence-corrected chi connectivity index (χ1v) is 4.82. The Balaban J connectivity index is 0.000000281. The monoisotopic (exact) mass is 153 g/mol. The molecule has 64 valence electrons. The molecule has 1 aliphatic heterocycles. The van der Waals surface area contributed by atoms with Crippen LogP contribution in [0.4, 0.5) is 0 Å². The van der Waals surface area contributed by atoms with Crippen molar-refractivity contribution in [1.29, 1.82) is 0 Å². The van der Waals surface area contributed by atoms with E-state index in [9.17, 15) is 0 Å². The summed E-state index contributed by atoms with van der Waals surface area (Å²) in [5.74, 6) is 0. The molecule has 1 heterocycles. The third-order valence-corrected chi connectivity index (χ3v) is 2.67. The van der Waals surface area contributed by atoms with Crippen molar-refractivity contribution in [3.05, 3.63) is 12.3 Å². The molecular weight excluding hydrogens is 134 g/mol. The van der Waals surface area contributed by atoms with Crippen molar-refractivity contribution in [2.75, 3.05) is 6.54 Å². The van der Waals surface area contributed by atoms with Gasteiger partial charge in [0.2, 0.25) is 0 Å². The third kappa shape index (κ3) is 1.76. The van der Waals surface area contributed by atoms with Crippen LogP contribution in [0.5, 0.6) is 0 Å². The van der Waals surface area contributed by atoms with Crippen LogP contribution in [0.1, 0.15) is 39.5 Å². The summed E-state index contributed by atoms with van der Waals surface area (Å²) in [6.07, 6.45) is 10.2. The molecule has 1 fully saturated rings. The average Bonchev–Trinajstić information content (AvgIpc) is 2.07. The minimum atomic E-state index is 0.658. The van der Waals surface area contributed by atoms with Crippen molar-refractivity contribution in [1.82, 2.24) is 5.32 Å². The van der Waals surface area contributed by atoms with Gasteiger partial charge in [0, 0.05) is 6.54 Å². The number of nitrogens with one attached hydrogen (secondary N) is 1. The van der Waals surface area contributed by atoms with E-state index in [0.717, 1.165) is 0 Å². The summed E-state index contributed by atoms with van der Waals surface area (Å²) in [6, 6.07) is 0. The van der Waals surface area contributed by atoms with Crippen LogP contribution in [0.3, 0.4) is 0 Å². The molecule has 1 saturated carbocycles. The van der Waals surface area contributed by atoms with E-state index in [0.29, 0.717) is 5.41 Å². The van der Waals surface area contributed by atoms with Gasteiger partial charge in [-0.25, -0.2) is 0 Å². The predicted octanol–water partition coefficient (Wildman–Crippen LogP) is 2.69. The number of hydrogen-bond donors (Lipinski definition) is 1. The molecule has 0 radical (unpaired) electrons. The maximum Gasteiger partial charge on any atom is 0.0149 e. The fourth-order valence-electron chi connectivity index (χ4n) is 1.77. The van der Waals surface area contributed by atoms with Gasteiger partial charge in [-0.15, -0.1) is 0 Å². The van der Waals surface area contributed by atoms with Crippen LogP contribution in [-0.4, -0.2) is 6.54 Å². The largest absolute Gasteiger partial charge is 0.391 e. The van der Waals surface area contributed by atoms with E-state index in [2.05, 4.69) is 17.6 Å². The van der Waals surface area contributed by atoms with Crippen LogP contribution in [0.2, 0.25) is 0 Å². The Bertz CT molecular complexity index is 134. The Labute approximate surface area is 69.9 Å². The van der Waals surface area contributed by atoms with Crippen molar-refractivity contribution in [3.63, 3.8) is 0 Å². The lowest BCUT2D eigenvalue weighted by Gasteiger charge is -2.41. The molecule has 11 heavy (non-hydrogen) atoms. The Kier molecular flexibility index (Phi) is 2.98. The molecule has 0 bridgehead atoms. The molecule has 0 aromatic rings. The number of rotatable bonds is 0. The first-order valence-electron chi connectivity index (χ1n) is 4.82. The average molecular weight is 153 g/mol. The van der Waals surface area contributed by atoms with E-state index < -0.39 is 0 Å². The second-order valence-electron chi connectivity index (χ2n) is 3.25. The maximum atomic E-state index is 3.23. The highest BCUT2D eigenvalue weighted by molar-refractivity contribution is 5.07. The van der Waals surface area contributed by atoms with Crippen LogP contribution >= 0.6 is 0 Å². The van der Waals surface area contributed by atoms with E-state index in [1.165, 1.54) is 32.2 Å². The topological polar surface area (TPSA) is 12.0 Å². The van der Waals surface area contributed by atoms with E-state index in [-0.39, 0.29) is 0 Å². The van der Waals surface area contributed by atoms with Crippen LogP contribution in [0.15, 0.2) is 12.3 Å². The predicted molar refractivity (Wildman–Crippen MR) is 49.4 cm³/mol. The number of hydrogen-bond acceptors (Lipinski definition) is 1. The summed E-state index contributed by atoms with van der Waals surface area (Å²) in [7, 11) is 0. The van der Waals surface area contributed by atoms with Gasteiger partial charge in [-0.3, -0.25) is 0 Å². The molecule has 0 aromatic heterocycles. The Morgan fingerprint density at radius 3 is 2.18 bits per heavy atom. The smallest absolute Gasteiger partial charge is 0.0149 e. The lowest BCUT2D eigenvalue weighted by molar-refractivity contribution is 0.180. The first kappa shape index (κ1) is 8.63. The molecule has 0 atom stereocenters. The summed E-state index contributed by atoms with van der Waals surface area (Å²) in [4.78, 5) is 0. The van der Waals surface area contributed by atoms with E-state index in [4.69, 9.17) is 0 Å². The van der Waals surface area contributed by atoms with Crippen LogP contribution in [-0.2, 0) is 0 Å². The van der Waals surface area contributed by atoms with Crippen molar-refractivity contribution >= 4 is 0 Å². The van der Waals surface area contributed by atoms with Gasteiger partial charge in [-0.05, 0) is 30.9 Å². The van der Waals surface area contributed by atoms with E-state index >= 15 is 0 Å². The molecule has 2 aliphatic rings. The van der Waals surface area contributed by atoms with Gasteiger partial charge in [0.1, 0.15) is 0 Å². The van der Waals surface area contributed by atoms with Crippen molar-refractivity contribution in [2.24, 2.45) is 5.41 Å². The highest BCUT2D eigenvalue weighted by atomic mass is 14.8. The molecule has 1 aliphatic carbocycles. The third-order valence-electron chi connectivity index (χ3n) is 2.67. The zero-order chi connectivity index (χ0) is 8.16. The molecule has 0 saturated heterocycles. The highest BCUT2D eigenvalue weighted by Gasteiger charge is 2.34. The summed E-state index contributed by atoms with van der Waals surface area (Å²) >= 11 is 0. The Morgan fingerprint density at radius 1 is 1.18 bits per heavy atom. The van der Waals surface area contributed by atoms with Crippen molar-refractivity contribution < 1.29 is 0 Å². The molecule has 1 N–H and O–H groups in total. The molecule has 0 aromatic carbocycles. The first-order chi connectivity index (χ1) is 5.41. The zero-order valence-electron chi connectivity index (χ0n) is 7.69. The summed E-state index contributed by atoms with van der Waals surface area (Å²) < 4.78 is 0. The van der Waals surface area contributed by atoms with E-state index in [1.807, 2.05) is 13.8 Å². The maximum absolute atomic E-state index is 3.23. The minimum absolute atomic E-state index is 0.658. The molecule has 1 nitrogen and oxygen atoms in total. The molecule has 0 unspecified atom stereocenters. The van der Waals surface area contributed by atoms with Crippen molar-refractivity contribution in [2.45, 2.75) is 39.5 Å². The van der Waals surface area contributed by atoms with Crippen molar-refractivity contribution in [3.8, 4) is 0 Å². The quantitative estimate of drug-likeness (QED) is 0.564. The normalized spacial score (nSPS) is 24.5. The molecular formula is C10H19N. The second-order valence-corrected chi connectivity index (χ2v) is 3.25. The van der Waals surface area contributed by atoms with Gasteiger partial charge in [-0.2, -0.15) is 0 Å². The van der Waals surface area contributed by atoms with Crippen LogP contribution in [0.25, 0.3) is 0 Å². The number of allylic oxidation sites excluding steroid dienone is 1. The molecule has 2 rings (SSSR count). The summed E-state index contributed by atoms with van der Waals surface area (Å²) in [5, 5.41) is 3.23. The van der Waals surface area contributed by atoms with E-state index in [1.54, 1.807) is 0 Å². The molecule has 1 heteroatoms. The Morgan fingerprint density at radius 2 is 1.91 bits per heavy atom. The fraction of sp³-hybridized carbons (Fsp3) is 0.800. The minimum Gasteiger partial charge on any atom is -0.391 e. The van der Waals surface area contributed by atoms with Crippen LogP contribution < -0.4 is 5.32 Å². The van der Waals surface area contributed by atoms with Gasteiger partial charge in [0.05, 0.1) is 0 Å². The van der Waals surface area contributed by atoms with Gasteiger partial charge in [0.15, 0.2) is 0 Å². The van der Waals surface area contributed by atoms with Crippen LogP contribution in [0, 0.1) is 5.41 Å².